The number of halogens is 1. The van der Waals surface area contributed by atoms with Crippen molar-refractivity contribution in [3.8, 4) is 0 Å². The Balaban J connectivity index is 0.000001000. The fourth-order valence-corrected chi connectivity index (χ4v) is 0.829. The molecule has 1 saturated heterocycles. The van der Waals surface area contributed by atoms with Gasteiger partial charge in [0.2, 0.25) is 0 Å². The molecule has 0 spiro atoms. The van der Waals surface area contributed by atoms with E-state index in [4.69, 9.17) is 5.73 Å². The van der Waals surface area contributed by atoms with Crippen LogP contribution in [0.4, 0.5) is 4.79 Å². The molecule has 5 nitrogen and oxygen atoms in total. The Hall–Kier alpha value is -0.810. The minimum atomic E-state index is -0.427. The van der Waals surface area contributed by atoms with E-state index in [0.29, 0.717) is 13.0 Å². The first-order valence-corrected chi connectivity index (χ1v) is 3.05. The lowest BCUT2D eigenvalue weighted by Crippen LogP contribution is -2.31. The Bertz CT molecular complexity index is 173. The summed E-state index contributed by atoms with van der Waals surface area (Å²) in [5, 5.41) is 4.53. The van der Waals surface area contributed by atoms with Gasteiger partial charge in [0, 0.05) is 0 Å². The lowest BCUT2D eigenvalue weighted by molar-refractivity contribution is -0.120. The highest BCUT2D eigenvalue weighted by atomic mass is 35.5. The van der Waals surface area contributed by atoms with Crippen molar-refractivity contribution in [1.29, 1.82) is 0 Å². The van der Waals surface area contributed by atoms with Gasteiger partial charge in [0.15, 0.2) is 0 Å². The maximum Gasteiger partial charge on any atom is 0.322 e. The molecule has 1 rings (SSSR count). The van der Waals surface area contributed by atoms with Crippen molar-refractivity contribution in [2.24, 2.45) is 5.73 Å². The largest absolute Gasteiger partial charge is 0.330 e. The van der Waals surface area contributed by atoms with Crippen LogP contribution >= 0.6 is 12.4 Å². The van der Waals surface area contributed by atoms with E-state index in [1.54, 1.807) is 0 Å². The normalized spacial score (nSPS) is 22.1. The molecule has 1 heterocycles. The smallest absolute Gasteiger partial charge is 0.322 e. The molecule has 0 aromatic carbocycles. The quantitative estimate of drug-likeness (QED) is 0.474. The second kappa shape index (κ2) is 4.15. The van der Waals surface area contributed by atoms with Crippen LogP contribution in [-0.4, -0.2) is 24.5 Å². The van der Waals surface area contributed by atoms with Crippen LogP contribution in [0.5, 0.6) is 0 Å². The van der Waals surface area contributed by atoms with Crippen LogP contribution in [0, 0.1) is 0 Å². The van der Waals surface area contributed by atoms with Crippen molar-refractivity contribution in [3.63, 3.8) is 0 Å². The molecule has 0 bridgehead atoms. The van der Waals surface area contributed by atoms with Gasteiger partial charge in [-0.3, -0.25) is 10.1 Å². The number of hydrogen-bond acceptors (Lipinski definition) is 3. The minimum absolute atomic E-state index is 0. The van der Waals surface area contributed by atoms with Crippen molar-refractivity contribution in [1.82, 2.24) is 10.6 Å². The van der Waals surface area contributed by atoms with Crippen LogP contribution in [0.1, 0.15) is 6.42 Å². The third kappa shape index (κ3) is 2.36. The summed E-state index contributed by atoms with van der Waals surface area (Å²) in [6.45, 7) is 0.401. The van der Waals surface area contributed by atoms with E-state index in [9.17, 15) is 9.59 Å². The Kier molecular flexibility index (Phi) is 3.84. The second-order valence-corrected chi connectivity index (χ2v) is 2.09. The first-order chi connectivity index (χ1) is 4.74. The van der Waals surface area contributed by atoms with E-state index in [0.717, 1.165) is 0 Å². The van der Waals surface area contributed by atoms with Gasteiger partial charge in [0.05, 0.1) is 0 Å². The number of amides is 3. The van der Waals surface area contributed by atoms with E-state index in [1.165, 1.54) is 0 Å². The van der Waals surface area contributed by atoms with Crippen LogP contribution < -0.4 is 16.4 Å². The third-order valence-electron chi connectivity index (χ3n) is 1.31. The Morgan fingerprint density at radius 1 is 1.45 bits per heavy atom. The van der Waals surface area contributed by atoms with Crippen molar-refractivity contribution in [2.45, 2.75) is 12.5 Å². The molecule has 0 saturated carbocycles. The summed E-state index contributed by atoms with van der Waals surface area (Å²) in [7, 11) is 0. The van der Waals surface area contributed by atoms with Crippen LogP contribution in [0.25, 0.3) is 0 Å². The second-order valence-electron chi connectivity index (χ2n) is 2.09. The molecule has 4 N–H and O–H groups in total. The molecule has 64 valence electrons. The van der Waals surface area contributed by atoms with Gasteiger partial charge in [-0.15, -0.1) is 12.4 Å². The number of nitrogens with two attached hydrogens (primary N) is 1. The number of carbonyl (C=O) groups is 2. The van der Waals surface area contributed by atoms with Gasteiger partial charge in [0.25, 0.3) is 5.91 Å². The summed E-state index contributed by atoms with van der Waals surface area (Å²) >= 11 is 0. The predicted molar refractivity (Wildman–Crippen MR) is 41.4 cm³/mol. The van der Waals surface area contributed by atoms with Gasteiger partial charge in [-0.1, -0.05) is 0 Å². The molecule has 6 heteroatoms. The number of nitrogens with one attached hydrogen (secondary N) is 2. The fourth-order valence-electron chi connectivity index (χ4n) is 0.829. The summed E-state index contributed by atoms with van der Waals surface area (Å²) in [6.07, 6.45) is 0.498. The first kappa shape index (κ1) is 10.2. The Labute approximate surface area is 70.1 Å². The van der Waals surface area contributed by atoms with Gasteiger partial charge < -0.3 is 11.1 Å². The number of rotatable bonds is 2. The van der Waals surface area contributed by atoms with Gasteiger partial charge in [-0.25, -0.2) is 4.79 Å². The van der Waals surface area contributed by atoms with E-state index < -0.39 is 12.1 Å². The van der Waals surface area contributed by atoms with E-state index in [2.05, 4.69) is 10.6 Å². The van der Waals surface area contributed by atoms with Crippen molar-refractivity contribution in [3.05, 3.63) is 0 Å². The summed E-state index contributed by atoms with van der Waals surface area (Å²) in [4.78, 5) is 21.2. The lowest BCUT2D eigenvalue weighted by atomic mass is 10.2. The topological polar surface area (TPSA) is 84.2 Å². The predicted octanol–water partition coefficient (Wildman–Crippen LogP) is -1.04. The molecular weight excluding hydrogens is 170 g/mol. The number of urea groups is 1. The molecule has 1 fully saturated rings. The van der Waals surface area contributed by atoms with Crippen LogP contribution in [0.2, 0.25) is 0 Å². The van der Waals surface area contributed by atoms with E-state index >= 15 is 0 Å². The number of hydrogen-bond donors (Lipinski definition) is 3. The van der Waals surface area contributed by atoms with Crippen LogP contribution in [0.15, 0.2) is 0 Å². The maximum atomic E-state index is 10.7. The zero-order valence-corrected chi connectivity index (χ0v) is 6.61. The summed E-state index contributed by atoms with van der Waals surface area (Å²) < 4.78 is 0. The number of carbonyl (C=O) groups excluding carboxylic acids is 2. The zero-order chi connectivity index (χ0) is 7.56. The number of imide groups is 1. The van der Waals surface area contributed by atoms with Gasteiger partial charge in [-0.05, 0) is 13.0 Å². The highest BCUT2D eigenvalue weighted by molar-refractivity contribution is 6.04. The molecule has 3 amide bonds. The molecular formula is C5H10ClN3O2. The molecule has 0 aromatic heterocycles. The van der Waals surface area contributed by atoms with Crippen molar-refractivity contribution in [2.75, 3.05) is 6.54 Å². The first-order valence-electron chi connectivity index (χ1n) is 3.05. The van der Waals surface area contributed by atoms with Gasteiger partial charge >= 0.3 is 6.03 Å². The molecule has 0 aromatic rings. The SMILES string of the molecule is Cl.NCCC1NC(=O)NC1=O. The summed E-state index contributed by atoms with van der Waals surface area (Å²) in [5.41, 5.74) is 5.18. The molecule has 1 unspecified atom stereocenters. The average Bonchev–Trinajstić information content (AvgIpc) is 2.13. The van der Waals surface area contributed by atoms with Crippen LogP contribution in [-0.2, 0) is 4.79 Å². The average molecular weight is 180 g/mol. The van der Waals surface area contributed by atoms with E-state index in [-0.39, 0.29) is 18.3 Å². The standard InChI is InChI=1S/C5H9N3O2.ClH/c6-2-1-3-4(9)8-5(10)7-3;/h3H,1-2,6H2,(H2,7,8,9,10);1H. The van der Waals surface area contributed by atoms with Crippen LogP contribution in [0.3, 0.4) is 0 Å². The fraction of sp³-hybridized carbons (Fsp3) is 0.600. The lowest BCUT2D eigenvalue weighted by Gasteiger charge is -2.01. The molecule has 1 aliphatic rings. The Morgan fingerprint density at radius 2 is 2.09 bits per heavy atom. The molecule has 11 heavy (non-hydrogen) atoms. The zero-order valence-electron chi connectivity index (χ0n) is 5.79. The Morgan fingerprint density at radius 3 is 2.45 bits per heavy atom. The molecule has 0 radical (unpaired) electrons. The monoisotopic (exact) mass is 179 g/mol. The molecule has 1 atom stereocenters. The molecule has 1 aliphatic heterocycles. The van der Waals surface area contributed by atoms with Gasteiger partial charge in [-0.2, -0.15) is 0 Å². The van der Waals surface area contributed by atoms with Gasteiger partial charge in [0.1, 0.15) is 6.04 Å². The van der Waals surface area contributed by atoms with E-state index in [1.807, 2.05) is 0 Å². The molecule has 0 aliphatic carbocycles. The maximum absolute atomic E-state index is 10.7. The third-order valence-corrected chi connectivity index (χ3v) is 1.31. The minimum Gasteiger partial charge on any atom is -0.330 e. The summed E-state index contributed by atoms with van der Waals surface area (Å²) in [5.74, 6) is -0.282. The highest BCUT2D eigenvalue weighted by Crippen LogP contribution is 1.95. The summed E-state index contributed by atoms with van der Waals surface area (Å²) in [6, 6.07) is -0.846. The highest BCUT2D eigenvalue weighted by Gasteiger charge is 2.27. The van der Waals surface area contributed by atoms with Crippen molar-refractivity contribution >= 4 is 24.3 Å². The van der Waals surface area contributed by atoms with Crippen molar-refractivity contribution < 1.29 is 9.59 Å².